The summed E-state index contributed by atoms with van der Waals surface area (Å²) in [4.78, 5) is 0. The Morgan fingerprint density at radius 1 is 0.833 bits per heavy atom. The molecular weight excluding hydrogens is 255 g/mol. The maximum absolute atomic E-state index is 2.31. The summed E-state index contributed by atoms with van der Waals surface area (Å²) in [7, 11) is 0.371. The second kappa shape index (κ2) is 8.85. The van der Waals surface area contributed by atoms with Crippen molar-refractivity contribution in [3.05, 3.63) is 0 Å². The van der Waals surface area contributed by atoms with Gasteiger partial charge in [0.25, 0.3) is 0 Å². The van der Waals surface area contributed by atoms with E-state index in [0.29, 0.717) is 7.92 Å². The normalized spacial score (nSPS) is 23.7. The molecule has 0 bridgehead atoms. The molecule has 0 radical (unpaired) electrons. The third kappa shape index (κ3) is 4.71. The van der Waals surface area contributed by atoms with Crippen molar-refractivity contribution >= 4 is 19.7 Å². The van der Waals surface area contributed by atoms with Crippen LogP contribution in [0.3, 0.4) is 0 Å². The molecule has 0 heterocycles. The van der Waals surface area contributed by atoms with E-state index in [1.807, 2.05) is 0 Å². The molecule has 2 heteroatoms. The van der Waals surface area contributed by atoms with Gasteiger partial charge in [-0.1, -0.05) is 53.4 Å². The Balaban J connectivity index is 1.87. The minimum atomic E-state index is 0.371. The molecule has 0 aromatic carbocycles. The average Bonchev–Trinajstić information content (AvgIpc) is 2.46. The molecule has 2 aliphatic carbocycles. The zero-order chi connectivity index (χ0) is 12.6. The molecule has 0 amide bonds. The quantitative estimate of drug-likeness (QED) is 0.433. The molecular formula is C16H31PS. The Hall–Kier alpha value is 0.780. The Kier molecular flexibility index (Phi) is 7.46. The molecule has 2 fully saturated rings. The van der Waals surface area contributed by atoms with Gasteiger partial charge in [0.1, 0.15) is 0 Å². The summed E-state index contributed by atoms with van der Waals surface area (Å²) in [5, 5.41) is 0. The second-order valence-corrected chi connectivity index (χ2v) is 10.3. The molecule has 2 saturated carbocycles. The van der Waals surface area contributed by atoms with Crippen molar-refractivity contribution in [3.63, 3.8) is 0 Å². The number of rotatable bonds is 6. The molecule has 18 heavy (non-hydrogen) atoms. The van der Waals surface area contributed by atoms with Crippen molar-refractivity contribution in [2.45, 2.75) is 82.4 Å². The largest absolute Gasteiger partial charge is 0.162 e. The molecule has 0 spiro atoms. The van der Waals surface area contributed by atoms with Gasteiger partial charge in [0.15, 0.2) is 0 Å². The SMILES string of the molecule is CCSCCP(C1CCCCC1)C1CCCCC1. The van der Waals surface area contributed by atoms with Gasteiger partial charge in [0.2, 0.25) is 0 Å². The Bertz CT molecular complexity index is 189. The minimum absolute atomic E-state index is 0.371. The summed E-state index contributed by atoms with van der Waals surface area (Å²) in [5.74, 6) is 2.77. The van der Waals surface area contributed by atoms with Gasteiger partial charge in [-0.05, 0) is 54.7 Å². The van der Waals surface area contributed by atoms with Crippen LogP contribution >= 0.6 is 19.7 Å². The lowest BCUT2D eigenvalue weighted by Gasteiger charge is -2.38. The fourth-order valence-electron chi connectivity index (χ4n) is 3.80. The van der Waals surface area contributed by atoms with E-state index in [-0.39, 0.29) is 0 Å². The molecule has 106 valence electrons. The average molecular weight is 286 g/mol. The highest BCUT2D eigenvalue weighted by molar-refractivity contribution is 7.99. The van der Waals surface area contributed by atoms with Crippen LogP contribution in [0.15, 0.2) is 0 Å². The predicted molar refractivity (Wildman–Crippen MR) is 88.5 cm³/mol. The van der Waals surface area contributed by atoms with Crippen LogP contribution in [0.4, 0.5) is 0 Å². The summed E-state index contributed by atoms with van der Waals surface area (Å²) in [6, 6.07) is 0. The van der Waals surface area contributed by atoms with Crippen LogP contribution < -0.4 is 0 Å². The summed E-state index contributed by atoms with van der Waals surface area (Å²) >= 11 is 2.18. The molecule has 0 nitrogen and oxygen atoms in total. The van der Waals surface area contributed by atoms with Crippen LogP contribution in [0, 0.1) is 0 Å². The van der Waals surface area contributed by atoms with E-state index in [1.54, 1.807) is 31.8 Å². The van der Waals surface area contributed by atoms with Crippen LogP contribution in [0.5, 0.6) is 0 Å². The highest BCUT2D eigenvalue weighted by Crippen LogP contribution is 2.55. The van der Waals surface area contributed by atoms with Crippen LogP contribution in [0.25, 0.3) is 0 Å². The molecule has 0 aliphatic heterocycles. The molecule has 0 unspecified atom stereocenters. The van der Waals surface area contributed by atoms with Crippen molar-refractivity contribution in [1.82, 2.24) is 0 Å². The lowest BCUT2D eigenvalue weighted by molar-refractivity contribution is 0.484. The van der Waals surface area contributed by atoms with E-state index in [4.69, 9.17) is 0 Å². The van der Waals surface area contributed by atoms with Crippen LogP contribution in [0.1, 0.15) is 71.1 Å². The highest BCUT2D eigenvalue weighted by atomic mass is 32.2. The van der Waals surface area contributed by atoms with E-state index in [1.165, 1.54) is 50.0 Å². The van der Waals surface area contributed by atoms with Gasteiger partial charge < -0.3 is 0 Å². The van der Waals surface area contributed by atoms with Crippen LogP contribution in [-0.4, -0.2) is 29.0 Å². The van der Waals surface area contributed by atoms with Gasteiger partial charge >= 0.3 is 0 Å². The Morgan fingerprint density at radius 3 is 1.78 bits per heavy atom. The van der Waals surface area contributed by atoms with Crippen molar-refractivity contribution < 1.29 is 0 Å². The standard InChI is InChI=1S/C16H31PS/c1-2-18-14-13-17(15-9-5-3-6-10-15)16-11-7-4-8-12-16/h15-16H,2-14H2,1H3. The molecule has 2 rings (SSSR count). The zero-order valence-electron chi connectivity index (χ0n) is 12.2. The first-order chi connectivity index (χ1) is 8.92. The van der Waals surface area contributed by atoms with E-state index >= 15 is 0 Å². The van der Waals surface area contributed by atoms with Crippen molar-refractivity contribution in [3.8, 4) is 0 Å². The predicted octanol–water partition coefficient (Wildman–Crippen LogP) is 5.89. The lowest BCUT2D eigenvalue weighted by atomic mass is 9.99. The van der Waals surface area contributed by atoms with E-state index in [0.717, 1.165) is 11.3 Å². The van der Waals surface area contributed by atoms with Crippen molar-refractivity contribution in [2.75, 3.05) is 17.7 Å². The second-order valence-electron chi connectivity index (χ2n) is 6.02. The summed E-state index contributed by atoms with van der Waals surface area (Å²) in [6.07, 6.45) is 17.1. The summed E-state index contributed by atoms with van der Waals surface area (Å²) in [5.41, 5.74) is 2.32. The van der Waals surface area contributed by atoms with Crippen molar-refractivity contribution in [1.29, 1.82) is 0 Å². The van der Waals surface area contributed by atoms with Crippen LogP contribution in [0.2, 0.25) is 0 Å². The zero-order valence-corrected chi connectivity index (χ0v) is 13.9. The van der Waals surface area contributed by atoms with Crippen molar-refractivity contribution in [2.24, 2.45) is 0 Å². The first kappa shape index (κ1) is 15.2. The highest BCUT2D eigenvalue weighted by Gasteiger charge is 2.30. The third-order valence-electron chi connectivity index (χ3n) is 4.79. The van der Waals surface area contributed by atoms with Gasteiger partial charge in [-0.25, -0.2) is 0 Å². The molecule has 0 atom stereocenters. The van der Waals surface area contributed by atoms with Crippen LogP contribution in [-0.2, 0) is 0 Å². The number of hydrogen-bond acceptors (Lipinski definition) is 1. The lowest BCUT2D eigenvalue weighted by Crippen LogP contribution is -2.22. The molecule has 2 aliphatic rings. The van der Waals surface area contributed by atoms with Gasteiger partial charge in [0, 0.05) is 0 Å². The van der Waals surface area contributed by atoms with E-state index in [9.17, 15) is 0 Å². The van der Waals surface area contributed by atoms with Gasteiger partial charge in [-0.2, -0.15) is 11.8 Å². The third-order valence-corrected chi connectivity index (χ3v) is 9.64. The molecule has 0 saturated heterocycles. The van der Waals surface area contributed by atoms with Gasteiger partial charge in [-0.15, -0.1) is 0 Å². The fourth-order valence-corrected chi connectivity index (χ4v) is 8.83. The monoisotopic (exact) mass is 286 g/mol. The molecule has 0 aromatic heterocycles. The van der Waals surface area contributed by atoms with E-state index in [2.05, 4.69) is 18.7 Å². The molecule has 0 N–H and O–H groups in total. The first-order valence-electron chi connectivity index (χ1n) is 8.25. The fraction of sp³-hybridized carbons (Fsp3) is 1.00. The summed E-state index contributed by atoms with van der Waals surface area (Å²) < 4.78 is 0. The Labute approximate surface area is 120 Å². The van der Waals surface area contributed by atoms with Gasteiger partial charge in [0.05, 0.1) is 0 Å². The topological polar surface area (TPSA) is 0 Å². The number of hydrogen-bond donors (Lipinski definition) is 0. The smallest absolute Gasteiger partial charge is 0.00280 e. The van der Waals surface area contributed by atoms with E-state index < -0.39 is 0 Å². The van der Waals surface area contributed by atoms with Gasteiger partial charge in [-0.3, -0.25) is 0 Å². The summed E-state index contributed by atoms with van der Waals surface area (Å²) in [6.45, 7) is 2.31. The minimum Gasteiger partial charge on any atom is -0.162 e. The maximum Gasteiger partial charge on any atom is -0.00280 e. The molecule has 0 aromatic rings. The Morgan fingerprint density at radius 2 is 1.33 bits per heavy atom. The number of thioether (sulfide) groups is 1. The first-order valence-corrected chi connectivity index (χ1v) is 11.1. The maximum atomic E-state index is 2.31.